The van der Waals surface area contributed by atoms with Crippen LogP contribution < -0.4 is 0 Å². The summed E-state index contributed by atoms with van der Waals surface area (Å²) in [6.07, 6.45) is 1.74. The van der Waals surface area contributed by atoms with Gasteiger partial charge in [-0.2, -0.15) is 5.10 Å². The summed E-state index contributed by atoms with van der Waals surface area (Å²) in [5.41, 5.74) is -0.441. The van der Waals surface area contributed by atoms with Crippen LogP contribution in [0.2, 0.25) is 0 Å². The van der Waals surface area contributed by atoms with Gasteiger partial charge < -0.3 is 9.64 Å². The van der Waals surface area contributed by atoms with Crippen molar-refractivity contribution in [2.75, 3.05) is 13.1 Å². The maximum absolute atomic E-state index is 12.2. The molecule has 0 aliphatic carbocycles. The van der Waals surface area contributed by atoms with E-state index in [9.17, 15) is 4.79 Å². The second-order valence-electron chi connectivity index (χ2n) is 5.88. The van der Waals surface area contributed by atoms with Gasteiger partial charge in [-0.3, -0.25) is 5.01 Å². The van der Waals surface area contributed by atoms with Crippen LogP contribution in [0.4, 0.5) is 4.79 Å². The lowest BCUT2D eigenvalue weighted by Crippen LogP contribution is -2.58. The smallest absolute Gasteiger partial charge is 0.410 e. The number of carbonyl (C=O) groups is 1. The molecule has 2 rings (SSSR count). The van der Waals surface area contributed by atoms with Crippen LogP contribution in [-0.2, 0) is 4.74 Å². The van der Waals surface area contributed by atoms with Crippen LogP contribution in [0.5, 0.6) is 0 Å². The van der Waals surface area contributed by atoms with E-state index in [2.05, 4.69) is 32.7 Å². The fourth-order valence-electron chi connectivity index (χ4n) is 2.20. The molecule has 0 spiro atoms. The number of alkyl halides is 1. The van der Waals surface area contributed by atoms with Gasteiger partial charge in [-0.25, -0.2) is 4.79 Å². The summed E-state index contributed by atoms with van der Waals surface area (Å²) in [6.45, 7) is 9.18. The van der Waals surface area contributed by atoms with Gasteiger partial charge in [0.15, 0.2) is 0 Å². The van der Waals surface area contributed by atoms with E-state index in [4.69, 9.17) is 4.74 Å². The van der Waals surface area contributed by atoms with Crippen LogP contribution in [0.3, 0.4) is 0 Å². The summed E-state index contributed by atoms with van der Waals surface area (Å²) in [6, 6.07) is 0.421. The highest BCUT2D eigenvalue weighted by molar-refractivity contribution is 14.1. The van der Waals surface area contributed by atoms with E-state index in [1.54, 1.807) is 0 Å². The van der Waals surface area contributed by atoms with Gasteiger partial charge in [0.05, 0.1) is 22.6 Å². The molecule has 0 saturated carbocycles. The lowest BCUT2D eigenvalue weighted by atomic mass is 10.1. The van der Waals surface area contributed by atoms with Crippen molar-refractivity contribution in [3.05, 3.63) is 0 Å². The van der Waals surface area contributed by atoms with Crippen LogP contribution in [0.1, 0.15) is 27.7 Å². The molecular weight excluding hydrogens is 345 g/mol. The van der Waals surface area contributed by atoms with Crippen LogP contribution in [-0.4, -0.2) is 56.9 Å². The zero-order chi connectivity index (χ0) is 13.5. The molecule has 0 aromatic rings. The Morgan fingerprint density at radius 2 is 2.11 bits per heavy atom. The van der Waals surface area contributed by atoms with Crippen molar-refractivity contribution < 1.29 is 9.53 Å². The number of rotatable bonds is 0. The first-order valence-corrected chi connectivity index (χ1v) is 7.47. The maximum atomic E-state index is 12.2. The molecule has 3 atom stereocenters. The van der Waals surface area contributed by atoms with Crippen LogP contribution in [0.15, 0.2) is 5.10 Å². The largest absolute Gasteiger partial charge is 0.444 e. The first-order chi connectivity index (χ1) is 8.28. The summed E-state index contributed by atoms with van der Waals surface area (Å²) in [4.78, 5) is 14.0. The van der Waals surface area contributed by atoms with Gasteiger partial charge in [0, 0.05) is 12.8 Å². The first kappa shape index (κ1) is 13.9. The molecule has 0 aromatic carbocycles. The van der Waals surface area contributed by atoms with Crippen molar-refractivity contribution in [1.29, 1.82) is 0 Å². The summed E-state index contributed by atoms with van der Waals surface area (Å²) in [5, 5.41) is 6.47. The first-order valence-electron chi connectivity index (χ1n) is 6.22. The lowest BCUT2D eigenvalue weighted by molar-refractivity contribution is -0.00728. The molecule has 0 bridgehead atoms. The topological polar surface area (TPSA) is 45.1 Å². The van der Waals surface area contributed by atoms with Gasteiger partial charge in [-0.1, -0.05) is 22.6 Å². The van der Waals surface area contributed by atoms with E-state index in [-0.39, 0.29) is 18.2 Å². The predicted molar refractivity (Wildman–Crippen MR) is 79.2 cm³/mol. The standard InChI is InChI=1S/C12H20IN3O2/c1-8-6-16-10(9(13)5-14-16)7-15(8)11(17)18-12(2,3)4/h5,8-10H,6-7H2,1-4H3/t8-,9?,10?/m0/s1. The van der Waals surface area contributed by atoms with Gasteiger partial charge >= 0.3 is 6.09 Å². The number of hydrogen-bond acceptors (Lipinski definition) is 4. The number of amides is 1. The third kappa shape index (κ3) is 2.89. The molecule has 102 valence electrons. The number of carbonyl (C=O) groups excluding carboxylic acids is 1. The molecule has 0 aromatic heterocycles. The minimum absolute atomic E-state index is 0.134. The predicted octanol–water partition coefficient (Wildman–Crippen LogP) is 2.10. The summed E-state index contributed by atoms with van der Waals surface area (Å²) < 4.78 is 5.82. The molecule has 2 aliphatic rings. The number of fused-ring (bicyclic) bond motifs is 1. The molecule has 2 heterocycles. The van der Waals surface area contributed by atoms with E-state index in [1.807, 2.05) is 38.8 Å². The van der Waals surface area contributed by atoms with E-state index in [0.717, 1.165) is 6.54 Å². The number of halogens is 1. The van der Waals surface area contributed by atoms with E-state index in [1.165, 1.54) is 0 Å². The fraction of sp³-hybridized carbons (Fsp3) is 0.833. The van der Waals surface area contributed by atoms with Crippen molar-refractivity contribution in [3.63, 3.8) is 0 Å². The minimum atomic E-state index is -0.441. The molecule has 18 heavy (non-hydrogen) atoms. The highest BCUT2D eigenvalue weighted by atomic mass is 127. The SMILES string of the molecule is C[C@H]1CN2N=CC(I)C2CN1C(=O)OC(C)(C)C. The van der Waals surface area contributed by atoms with Gasteiger partial charge in [0.1, 0.15) is 5.60 Å². The van der Waals surface area contributed by atoms with Crippen molar-refractivity contribution in [1.82, 2.24) is 9.91 Å². The van der Waals surface area contributed by atoms with E-state index >= 15 is 0 Å². The van der Waals surface area contributed by atoms with Crippen LogP contribution in [0.25, 0.3) is 0 Å². The summed E-state index contributed by atoms with van der Waals surface area (Å²) >= 11 is 2.37. The van der Waals surface area contributed by atoms with Crippen molar-refractivity contribution in [2.45, 2.75) is 49.3 Å². The Balaban J connectivity index is 2.03. The Hall–Kier alpha value is -0.530. The second kappa shape index (κ2) is 4.86. The number of hydrogen-bond donors (Lipinski definition) is 0. The van der Waals surface area contributed by atoms with Crippen LogP contribution in [0, 0.1) is 0 Å². The highest BCUT2D eigenvalue weighted by Crippen LogP contribution is 2.26. The fourth-order valence-corrected chi connectivity index (χ4v) is 2.94. The molecule has 1 saturated heterocycles. The Labute approximate surface area is 122 Å². The average Bonchev–Trinajstić information content (AvgIpc) is 2.56. The molecule has 6 heteroatoms. The molecule has 1 amide bonds. The summed E-state index contributed by atoms with van der Waals surface area (Å²) in [5.74, 6) is 0. The zero-order valence-corrected chi connectivity index (χ0v) is 13.4. The van der Waals surface area contributed by atoms with Gasteiger partial charge in [0.2, 0.25) is 0 Å². The van der Waals surface area contributed by atoms with Gasteiger partial charge in [0.25, 0.3) is 0 Å². The molecule has 2 unspecified atom stereocenters. The second-order valence-corrected chi connectivity index (χ2v) is 7.32. The Kier molecular flexibility index (Phi) is 3.75. The third-order valence-corrected chi connectivity index (χ3v) is 4.25. The quantitative estimate of drug-likeness (QED) is 0.488. The number of piperazine rings is 1. The molecule has 0 N–H and O–H groups in total. The monoisotopic (exact) mass is 365 g/mol. The van der Waals surface area contributed by atoms with Crippen LogP contribution >= 0.6 is 22.6 Å². The van der Waals surface area contributed by atoms with Crippen molar-refractivity contribution in [2.24, 2.45) is 5.10 Å². The Bertz CT molecular complexity index is 367. The van der Waals surface area contributed by atoms with Crippen molar-refractivity contribution >= 4 is 34.9 Å². The van der Waals surface area contributed by atoms with Gasteiger partial charge in [-0.15, -0.1) is 0 Å². The maximum Gasteiger partial charge on any atom is 0.410 e. The molecule has 2 aliphatic heterocycles. The normalized spacial score (nSPS) is 31.5. The molecule has 1 fully saturated rings. The Morgan fingerprint density at radius 3 is 2.72 bits per heavy atom. The third-order valence-electron chi connectivity index (χ3n) is 3.10. The number of ether oxygens (including phenoxy) is 1. The molecule has 5 nitrogen and oxygen atoms in total. The average molecular weight is 365 g/mol. The zero-order valence-electron chi connectivity index (χ0n) is 11.3. The number of hydrazone groups is 1. The van der Waals surface area contributed by atoms with E-state index < -0.39 is 5.60 Å². The number of nitrogens with zero attached hydrogens (tertiary/aromatic N) is 3. The minimum Gasteiger partial charge on any atom is -0.444 e. The Morgan fingerprint density at radius 1 is 1.44 bits per heavy atom. The molecular formula is C12H20IN3O2. The lowest BCUT2D eigenvalue weighted by Gasteiger charge is -2.42. The summed E-state index contributed by atoms with van der Waals surface area (Å²) in [7, 11) is 0. The van der Waals surface area contributed by atoms with E-state index in [0.29, 0.717) is 10.5 Å². The molecule has 0 radical (unpaired) electrons. The highest BCUT2D eigenvalue weighted by Gasteiger charge is 2.40. The van der Waals surface area contributed by atoms with Crippen molar-refractivity contribution in [3.8, 4) is 0 Å². The van der Waals surface area contributed by atoms with Gasteiger partial charge in [-0.05, 0) is 27.7 Å².